The van der Waals surface area contributed by atoms with Crippen LogP contribution in [0.2, 0.25) is 0 Å². The van der Waals surface area contributed by atoms with Crippen molar-refractivity contribution < 1.29 is 23.0 Å². The molecule has 17 heavy (non-hydrogen) atoms. The quantitative estimate of drug-likeness (QED) is 0.713. The lowest BCUT2D eigenvalue weighted by Crippen LogP contribution is -2.42. The summed E-state index contributed by atoms with van der Waals surface area (Å²) in [5, 5.41) is 20.5. The molecule has 0 spiro atoms. The Morgan fingerprint density at radius 3 is 2.47 bits per heavy atom. The summed E-state index contributed by atoms with van der Waals surface area (Å²) in [6.45, 7) is 1.26. The maximum Gasteiger partial charge on any atom is 0.405 e. The van der Waals surface area contributed by atoms with Crippen LogP contribution in [0.3, 0.4) is 0 Å². The predicted octanol–water partition coefficient (Wildman–Crippen LogP) is 1.07. The highest BCUT2D eigenvalue weighted by atomic mass is 19.4. The topological polar surface area (TPSA) is 65.3 Å². The Labute approximate surface area is 98.4 Å². The lowest BCUT2D eigenvalue weighted by molar-refractivity contribution is -0.158. The third-order valence-electron chi connectivity index (χ3n) is 2.25. The molecule has 0 rings (SSSR count). The van der Waals surface area contributed by atoms with Gasteiger partial charge in [0, 0.05) is 33.2 Å². The van der Waals surface area contributed by atoms with Crippen molar-refractivity contribution in [2.24, 2.45) is 5.92 Å². The zero-order valence-corrected chi connectivity index (χ0v) is 9.84. The van der Waals surface area contributed by atoms with E-state index in [0.717, 1.165) is 0 Å². The Kier molecular flexibility index (Phi) is 6.45. The van der Waals surface area contributed by atoms with Gasteiger partial charge < -0.3 is 15.2 Å². The minimum absolute atomic E-state index is 0.0232. The molecule has 100 valence electrons. The standard InChI is InChI=1S/C10H17F3N2O2/c1-9(16,3-4-17-2)7-15-6-8(5-14)10(11,12)13/h8,15-16H,3-4,6-7H2,1-2H3. The number of methoxy groups -OCH3 is 1. The number of nitriles is 1. The molecule has 0 heterocycles. The van der Waals surface area contributed by atoms with E-state index < -0.39 is 24.2 Å². The van der Waals surface area contributed by atoms with Crippen molar-refractivity contribution in [1.29, 1.82) is 5.26 Å². The molecule has 7 heteroatoms. The first-order chi connectivity index (χ1) is 7.73. The second-order valence-corrected chi connectivity index (χ2v) is 4.09. The fourth-order valence-corrected chi connectivity index (χ4v) is 1.13. The predicted molar refractivity (Wildman–Crippen MR) is 55.1 cm³/mol. The van der Waals surface area contributed by atoms with Gasteiger partial charge in [0.05, 0.1) is 11.7 Å². The van der Waals surface area contributed by atoms with Crippen LogP contribution in [-0.2, 0) is 4.74 Å². The monoisotopic (exact) mass is 254 g/mol. The van der Waals surface area contributed by atoms with E-state index in [1.807, 2.05) is 0 Å². The molecule has 0 aromatic carbocycles. The van der Waals surface area contributed by atoms with Gasteiger partial charge in [-0.1, -0.05) is 0 Å². The van der Waals surface area contributed by atoms with Gasteiger partial charge in [-0.3, -0.25) is 0 Å². The first-order valence-electron chi connectivity index (χ1n) is 5.11. The molecule has 2 N–H and O–H groups in total. The smallest absolute Gasteiger partial charge is 0.389 e. The number of aliphatic hydroxyl groups is 1. The van der Waals surface area contributed by atoms with Crippen LogP contribution < -0.4 is 5.32 Å². The van der Waals surface area contributed by atoms with Crippen LogP contribution in [-0.4, -0.2) is 43.7 Å². The molecule has 0 aromatic heterocycles. The van der Waals surface area contributed by atoms with E-state index in [-0.39, 0.29) is 6.54 Å². The number of nitrogens with one attached hydrogen (secondary N) is 1. The van der Waals surface area contributed by atoms with Crippen LogP contribution >= 0.6 is 0 Å². The number of ether oxygens (including phenoxy) is 1. The SMILES string of the molecule is COCCC(C)(O)CNCC(C#N)C(F)(F)F. The fourth-order valence-electron chi connectivity index (χ4n) is 1.13. The maximum atomic E-state index is 12.2. The number of alkyl halides is 3. The molecular formula is C10H17F3N2O2. The highest BCUT2D eigenvalue weighted by Crippen LogP contribution is 2.24. The van der Waals surface area contributed by atoms with Crippen LogP contribution in [0, 0.1) is 17.2 Å². The fraction of sp³-hybridized carbons (Fsp3) is 0.900. The lowest BCUT2D eigenvalue weighted by atomic mass is 10.0. The Hall–Kier alpha value is -0.840. The van der Waals surface area contributed by atoms with E-state index in [1.54, 1.807) is 0 Å². The van der Waals surface area contributed by atoms with Gasteiger partial charge in [-0.25, -0.2) is 0 Å². The molecule has 0 aromatic rings. The first-order valence-corrected chi connectivity index (χ1v) is 5.11. The average Bonchev–Trinajstić information content (AvgIpc) is 2.20. The number of halogens is 3. The van der Waals surface area contributed by atoms with Gasteiger partial charge in [0.15, 0.2) is 5.92 Å². The second-order valence-electron chi connectivity index (χ2n) is 4.09. The Bertz CT molecular complexity index is 261. The summed E-state index contributed by atoms with van der Waals surface area (Å²) in [5.74, 6) is -2.05. The molecule has 0 aliphatic heterocycles. The van der Waals surface area contributed by atoms with E-state index in [0.29, 0.717) is 13.0 Å². The zero-order valence-electron chi connectivity index (χ0n) is 9.84. The summed E-state index contributed by atoms with van der Waals surface area (Å²) in [6, 6.07) is 1.18. The summed E-state index contributed by atoms with van der Waals surface area (Å²) < 4.78 is 41.4. The number of nitrogens with zero attached hydrogens (tertiary/aromatic N) is 1. The van der Waals surface area contributed by atoms with Crippen molar-refractivity contribution in [2.45, 2.75) is 25.1 Å². The van der Waals surface area contributed by atoms with Gasteiger partial charge in [-0.15, -0.1) is 0 Å². The minimum Gasteiger partial charge on any atom is -0.389 e. The van der Waals surface area contributed by atoms with Gasteiger partial charge in [0.2, 0.25) is 0 Å². The number of hydrogen-bond donors (Lipinski definition) is 2. The van der Waals surface area contributed by atoms with Crippen molar-refractivity contribution in [3.05, 3.63) is 0 Å². The molecular weight excluding hydrogens is 237 g/mol. The van der Waals surface area contributed by atoms with Crippen LogP contribution in [0.25, 0.3) is 0 Å². The molecule has 0 saturated carbocycles. The molecule has 0 aliphatic carbocycles. The number of hydrogen-bond acceptors (Lipinski definition) is 4. The van der Waals surface area contributed by atoms with Crippen molar-refractivity contribution >= 4 is 0 Å². The molecule has 0 fully saturated rings. The average molecular weight is 254 g/mol. The Morgan fingerprint density at radius 1 is 1.47 bits per heavy atom. The maximum absolute atomic E-state index is 12.2. The summed E-state index contributed by atoms with van der Waals surface area (Å²) in [7, 11) is 1.47. The van der Waals surface area contributed by atoms with Gasteiger partial charge in [0.25, 0.3) is 0 Å². The minimum atomic E-state index is -4.54. The zero-order chi connectivity index (χ0) is 13.5. The van der Waals surface area contributed by atoms with Crippen LogP contribution in [0.15, 0.2) is 0 Å². The largest absolute Gasteiger partial charge is 0.405 e. The Morgan fingerprint density at radius 2 is 2.06 bits per heavy atom. The molecule has 0 aliphatic rings. The molecule has 2 atom stereocenters. The second kappa shape index (κ2) is 6.79. The van der Waals surface area contributed by atoms with Crippen molar-refractivity contribution in [3.63, 3.8) is 0 Å². The van der Waals surface area contributed by atoms with Crippen LogP contribution in [0.5, 0.6) is 0 Å². The van der Waals surface area contributed by atoms with Gasteiger partial charge in [-0.05, 0) is 6.92 Å². The van der Waals surface area contributed by atoms with E-state index >= 15 is 0 Å². The summed E-state index contributed by atoms with van der Waals surface area (Å²) in [4.78, 5) is 0. The summed E-state index contributed by atoms with van der Waals surface area (Å²) >= 11 is 0. The summed E-state index contributed by atoms with van der Waals surface area (Å²) in [6.07, 6.45) is -4.24. The van der Waals surface area contributed by atoms with E-state index in [9.17, 15) is 18.3 Å². The van der Waals surface area contributed by atoms with E-state index in [4.69, 9.17) is 10.00 Å². The van der Waals surface area contributed by atoms with Crippen LogP contribution in [0.1, 0.15) is 13.3 Å². The van der Waals surface area contributed by atoms with Crippen molar-refractivity contribution in [1.82, 2.24) is 5.32 Å². The molecule has 4 nitrogen and oxygen atoms in total. The van der Waals surface area contributed by atoms with E-state index in [1.165, 1.54) is 20.1 Å². The highest BCUT2D eigenvalue weighted by Gasteiger charge is 2.39. The molecule has 2 unspecified atom stereocenters. The molecule has 0 radical (unpaired) electrons. The lowest BCUT2D eigenvalue weighted by Gasteiger charge is -2.24. The molecule has 0 amide bonds. The van der Waals surface area contributed by atoms with Gasteiger partial charge in [0.1, 0.15) is 0 Å². The summed E-state index contributed by atoms with van der Waals surface area (Å²) in [5.41, 5.74) is -1.15. The van der Waals surface area contributed by atoms with Gasteiger partial charge >= 0.3 is 6.18 Å². The molecule has 0 saturated heterocycles. The van der Waals surface area contributed by atoms with Crippen molar-refractivity contribution in [2.75, 3.05) is 26.8 Å². The third kappa shape index (κ3) is 7.15. The molecule has 0 bridgehead atoms. The third-order valence-corrected chi connectivity index (χ3v) is 2.25. The highest BCUT2D eigenvalue weighted by molar-refractivity contribution is 4.90. The normalized spacial score (nSPS) is 17.2. The first kappa shape index (κ1) is 16.2. The Balaban J connectivity index is 4.01. The van der Waals surface area contributed by atoms with E-state index in [2.05, 4.69) is 5.32 Å². The van der Waals surface area contributed by atoms with Gasteiger partial charge in [-0.2, -0.15) is 18.4 Å². The van der Waals surface area contributed by atoms with Crippen molar-refractivity contribution in [3.8, 4) is 6.07 Å². The number of rotatable bonds is 7. The van der Waals surface area contributed by atoms with Crippen LogP contribution in [0.4, 0.5) is 13.2 Å².